The summed E-state index contributed by atoms with van der Waals surface area (Å²) in [6, 6.07) is 0. The molecule has 0 aliphatic rings. The van der Waals surface area contributed by atoms with E-state index in [1.54, 1.807) is 0 Å². The molecule has 2 N–H and O–H groups in total. The van der Waals surface area contributed by atoms with Gasteiger partial charge in [-0.15, -0.1) is 0 Å². The number of nitrogens with two attached hydrogens (primary N) is 1. The van der Waals surface area contributed by atoms with E-state index in [-0.39, 0.29) is 0 Å². The first-order chi connectivity index (χ1) is 9.41. The average molecular weight is 334 g/mol. The molecule has 19 heavy (non-hydrogen) atoms. The average Bonchev–Trinajstić information content (AvgIpc) is 2.43. The zero-order valence-electron chi connectivity index (χ0n) is 13.3. The van der Waals surface area contributed by atoms with Crippen molar-refractivity contribution in [2.75, 3.05) is 6.54 Å². The molecular formula is C17H37NSe. The first-order valence-corrected chi connectivity index (χ1v) is 11.1. The van der Waals surface area contributed by atoms with Crippen molar-refractivity contribution >= 4 is 15.0 Å². The topological polar surface area (TPSA) is 26.0 Å². The van der Waals surface area contributed by atoms with Gasteiger partial charge in [-0.3, -0.25) is 0 Å². The Morgan fingerprint density at radius 3 is 1.47 bits per heavy atom. The van der Waals surface area contributed by atoms with Crippen LogP contribution in [0.3, 0.4) is 0 Å². The SMILES string of the molecule is CCCCCCCCCCCCCC[Se]CCCN. The molecule has 0 radical (unpaired) electrons. The fourth-order valence-electron chi connectivity index (χ4n) is 2.33. The second-order valence-electron chi connectivity index (χ2n) is 5.64. The molecule has 0 saturated heterocycles. The molecule has 0 amide bonds. The van der Waals surface area contributed by atoms with Gasteiger partial charge in [0.25, 0.3) is 0 Å². The summed E-state index contributed by atoms with van der Waals surface area (Å²) in [7, 11) is 0. The first-order valence-electron chi connectivity index (χ1n) is 8.69. The molecule has 0 aromatic carbocycles. The maximum absolute atomic E-state index is 5.49. The summed E-state index contributed by atoms with van der Waals surface area (Å²) in [4.78, 5) is 0. The van der Waals surface area contributed by atoms with E-state index in [0.29, 0.717) is 0 Å². The van der Waals surface area contributed by atoms with Gasteiger partial charge >= 0.3 is 115 Å². The van der Waals surface area contributed by atoms with E-state index in [2.05, 4.69) is 6.92 Å². The Balaban J connectivity index is 2.88. The van der Waals surface area contributed by atoms with Crippen molar-refractivity contribution in [2.24, 2.45) is 5.73 Å². The van der Waals surface area contributed by atoms with Crippen molar-refractivity contribution < 1.29 is 0 Å². The van der Waals surface area contributed by atoms with Crippen LogP contribution in [-0.4, -0.2) is 21.5 Å². The van der Waals surface area contributed by atoms with Crippen LogP contribution in [0.15, 0.2) is 0 Å². The minimum absolute atomic E-state index is 0.887. The van der Waals surface area contributed by atoms with E-state index >= 15 is 0 Å². The van der Waals surface area contributed by atoms with E-state index in [1.807, 2.05) is 0 Å². The van der Waals surface area contributed by atoms with Crippen molar-refractivity contribution in [1.29, 1.82) is 0 Å². The third-order valence-electron chi connectivity index (χ3n) is 3.64. The molecule has 1 nitrogen and oxygen atoms in total. The Morgan fingerprint density at radius 2 is 1.00 bits per heavy atom. The monoisotopic (exact) mass is 335 g/mol. The predicted molar refractivity (Wildman–Crippen MR) is 90.1 cm³/mol. The van der Waals surface area contributed by atoms with Crippen molar-refractivity contribution in [1.82, 2.24) is 0 Å². The Bertz CT molecular complexity index is 134. The molecule has 0 bridgehead atoms. The third-order valence-corrected chi connectivity index (χ3v) is 6.06. The Kier molecular flexibility index (Phi) is 18.9. The zero-order chi connectivity index (χ0) is 14.0. The van der Waals surface area contributed by atoms with Crippen molar-refractivity contribution in [3.8, 4) is 0 Å². The molecule has 2 heteroatoms. The van der Waals surface area contributed by atoms with Gasteiger partial charge in [-0.1, -0.05) is 13.3 Å². The molecule has 0 spiro atoms. The zero-order valence-corrected chi connectivity index (χ0v) is 15.0. The summed E-state index contributed by atoms with van der Waals surface area (Å²) >= 11 is 0.887. The molecule has 0 heterocycles. The van der Waals surface area contributed by atoms with Gasteiger partial charge in [-0.05, 0) is 0 Å². The van der Waals surface area contributed by atoms with E-state index in [9.17, 15) is 0 Å². The standard InChI is InChI=1S/C17H37NSe/c1-2-3-4-5-6-7-8-9-10-11-12-13-16-19-17-14-15-18/h2-18H2,1H3. The van der Waals surface area contributed by atoms with Crippen LogP contribution in [0.25, 0.3) is 0 Å². The van der Waals surface area contributed by atoms with E-state index in [4.69, 9.17) is 5.73 Å². The van der Waals surface area contributed by atoms with Crippen LogP contribution in [0.1, 0.15) is 90.4 Å². The molecule has 0 unspecified atom stereocenters. The van der Waals surface area contributed by atoms with E-state index in [1.165, 1.54) is 94.1 Å². The Hall–Kier alpha value is 0.479. The van der Waals surface area contributed by atoms with Gasteiger partial charge in [-0.25, -0.2) is 0 Å². The fraction of sp³-hybridized carbons (Fsp3) is 1.00. The molecule has 0 aromatic heterocycles. The predicted octanol–water partition coefficient (Wildman–Crippen LogP) is 5.58. The summed E-state index contributed by atoms with van der Waals surface area (Å²) < 4.78 is 0. The van der Waals surface area contributed by atoms with E-state index in [0.717, 1.165) is 21.5 Å². The molecule has 0 aromatic rings. The van der Waals surface area contributed by atoms with Crippen LogP contribution in [-0.2, 0) is 0 Å². The number of hydrogen-bond acceptors (Lipinski definition) is 1. The molecule has 0 atom stereocenters. The number of hydrogen-bond donors (Lipinski definition) is 1. The van der Waals surface area contributed by atoms with Crippen LogP contribution in [0.2, 0.25) is 10.6 Å². The molecule has 116 valence electrons. The van der Waals surface area contributed by atoms with Gasteiger partial charge in [0.15, 0.2) is 0 Å². The van der Waals surface area contributed by atoms with Gasteiger partial charge in [-0.2, -0.15) is 0 Å². The summed E-state index contributed by atoms with van der Waals surface area (Å²) in [6.07, 6.45) is 18.8. The molecule has 0 aliphatic heterocycles. The summed E-state index contributed by atoms with van der Waals surface area (Å²) in [6.45, 7) is 3.18. The summed E-state index contributed by atoms with van der Waals surface area (Å²) in [5, 5.41) is 2.89. The molecular weight excluding hydrogens is 297 g/mol. The van der Waals surface area contributed by atoms with Crippen LogP contribution in [0.4, 0.5) is 0 Å². The molecule has 0 aliphatic carbocycles. The van der Waals surface area contributed by atoms with Crippen LogP contribution >= 0.6 is 0 Å². The Morgan fingerprint density at radius 1 is 0.579 bits per heavy atom. The quantitative estimate of drug-likeness (QED) is 0.289. The number of rotatable bonds is 16. The molecule has 0 saturated carbocycles. The van der Waals surface area contributed by atoms with Gasteiger partial charge in [0.05, 0.1) is 0 Å². The maximum atomic E-state index is 5.49. The normalized spacial score (nSPS) is 11.1. The molecule has 0 fully saturated rings. The number of unbranched alkanes of at least 4 members (excludes halogenated alkanes) is 11. The second kappa shape index (κ2) is 18.5. The van der Waals surface area contributed by atoms with Gasteiger partial charge in [0.1, 0.15) is 0 Å². The minimum atomic E-state index is 0.887. The summed E-state index contributed by atoms with van der Waals surface area (Å²) in [5.74, 6) is 0. The second-order valence-corrected chi connectivity index (χ2v) is 8.21. The van der Waals surface area contributed by atoms with Crippen LogP contribution < -0.4 is 5.73 Å². The fourth-order valence-corrected chi connectivity index (χ4v) is 4.40. The van der Waals surface area contributed by atoms with Crippen LogP contribution in [0, 0.1) is 0 Å². The van der Waals surface area contributed by atoms with Crippen molar-refractivity contribution in [2.45, 2.75) is 101 Å². The van der Waals surface area contributed by atoms with Crippen molar-refractivity contribution in [3.05, 3.63) is 0 Å². The summed E-state index contributed by atoms with van der Waals surface area (Å²) in [5.41, 5.74) is 5.49. The van der Waals surface area contributed by atoms with Crippen LogP contribution in [0.5, 0.6) is 0 Å². The Labute approximate surface area is 128 Å². The van der Waals surface area contributed by atoms with Gasteiger partial charge in [0.2, 0.25) is 0 Å². The van der Waals surface area contributed by atoms with Gasteiger partial charge < -0.3 is 0 Å². The molecule has 0 rings (SSSR count). The van der Waals surface area contributed by atoms with Gasteiger partial charge in [0, 0.05) is 0 Å². The van der Waals surface area contributed by atoms with E-state index < -0.39 is 0 Å². The first kappa shape index (κ1) is 19.5. The van der Waals surface area contributed by atoms with Crippen molar-refractivity contribution in [3.63, 3.8) is 0 Å². The third kappa shape index (κ3) is 18.5.